The highest BCUT2D eigenvalue weighted by molar-refractivity contribution is 6.09. The van der Waals surface area contributed by atoms with E-state index < -0.39 is 5.97 Å². The second kappa shape index (κ2) is 6.58. The lowest BCUT2D eigenvalue weighted by Crippen LogP contribution is -2.13. The van der Waals surface area contributed by atoms with Gasteiger partial charge < -0.3 is 14.0 Å². The van der Waals surface area contributed by atoms with Gasteiger partial charge in [0.15, 0.2) is 6.29 Å². The van der Waals surface area contributed by atoms with Gasteiger partial charge in [-0.15, -0.1) is 0 Å². The lowest BCUT2D eigenvalue weighted by atomic mass is 10.1. The van der Waals surface area contributed by atoms with Crippen LogP contribution >= 0.6 is 0 Å². The van der Waals surface area contributed by atoms with Crippen molar-refractivity contribution in [2.24, 2.45) is 0 Å². The number of methoxy groups -OCH3 is 2. The first-order chi connectivity index (χ1) is 11.7. The Morgan fingerprint density at radius 3 is 2.50 bits per heavy atom. The molecule has 0 saturated carbocycles. The predicted octanol–water partition coefficient (Wildman–Crippen LogP) is 3.30. The molecule has 0 fully saturated rings. The maximum atomic E-state index is 12.3. The van der Waals surface area contributed by atoms with Gasteiger partial charge in [-0.25, -0.2) is 4.79 Å². The summed E-state index contributed by atoms with van der Waals surface area (Å²) in [5.74, 6) is 0.117. The molecule has 0 atom stereocenters. The van der Waals surface area contributed by atoms with Crippen LogP contribution in [0.4, 0.5) is 0 Å². The standard InChI is InChI=1S/C19H17NO4/c1-23-14-8-9-15-16(12-21)18(19(22)24-2)20(17(15)10-14)11-13-6-4-3-5-7-13/h3-10,12H,11H2,1-2H3. The molecule has 3 rings (SSSR count). The van der Waals surface area contributed by atoms with Crippen molar-refractivity contribution in [2.75, 3.05) is 14.2 Å². The van der Waals surface area contributed by atoms with E-state index in [1.165, 1.54) is 7.11 Å². The van der Waals surface area contributed by atoms with Gasteiger partial charge in [-0.2, -0.15) is 0 Å². The van der Waals surface area contributed by atoms with Crippen LogP contribution in [0.2, 0.25) is 0 Å². The van der Waals surface area contributed by atoms with Crippen molar-refractivity contribution < 1.29 is 19.1 Å². The molecule has 0 bridgehead atoms. The summed E-state index contributed by atoms with van der Waals surface area (Å²) in [6.07, 6.45) is 0.697. The minimum atomic E-state index is -0.539. The largest absolute Gasteiger partial charge is 0.497 e. The molecule has 1 aromatic heterocycles. The molecule has 0 N–H and O–H groups in total. The minimum absolute atomic E-state index is 0.250. The van der Waals surface area contributed by atoms with Crippen molar-refractivity contribution in [3.63, 3.8) is 0 Å². The summed E-state index contributed by atoms with van der Waals surface area (Å²) in [5, 5.41) is 0.696. The summed E-state index contributed by atoms with van der Waals surface area (Å²) in [6, 6.07) is 15.1. The molecule has 0 aliphatic heterocycles. The number of rotatable bonds is 5. The van der Waals surface area contributed by atoms with Gasteiger partial charge in [-0.3, -0.25) is 4.79 Å². The number of carbonyl (C=O) groups is 2. The van der Waals surface area contributed by atoms with E-state index in [0.29, 0.717) is 29.5 Å². The number of aromatic nitrogens is 1. The number of ether oxygens (including phenoxy) is 2. The van der Waals surface area contributed by atoms with Crippen LogP contribution in [0.5, 0.6) is 5.75 Å². The van der Waals surface area contributed by atoms with Gasteiger partial charge >= 0.3 is 5.97 Å². The molecule has 0 spiro atoms. The first-order valence-electron chi connectivity index (χ1n) is 7.47. The lowest BCUT2D eigenvalue weighted by Gasteiger charge is -2.10. The molecule has 122 valence electrons. The minimum Gasteiger partial charge on any atom is -0.497 e. The highest BCUT2D eigenvalue weighted by Gasteiger charge is 2.23. The van der Waals surface area contributed by atoms with Crippen molar-refractivity contribution in [1.82, 2.24) is 4.57 Å². The zero-order valence-corrected chi connectivity index (χ0v) is 13.5. The van der Waals surface area contributed by atoms with Crippen LogP contribution in [0.15, 0.2) is 48.5 Å². The molecule has 5 nitrogen and oxygen atoms in total. The summed E-state index contributed by atoms with van der Waals surface area (Å²) in [5.41, 5.74) is 2.34. The summed E-state index contributed by atoms with van der Waals surface area (Å²) in [7, 11) is 2.88. The Morgan fingerprint density at radius 1 is 1.12 bits per heavy atom. The summed E-state index contributed by atoms with van der Waals surface area (Å²) in [6.45, 7) is 0.447. The number of hydrogen-bond acceptors (Lipinski definition) is 4. The third-order valence-electron chi connectivity index (χ3n) is 3.99. The monoisotopic (exact) mass is 323 g/mol. The Morgan fingerprint density at radius 2 is 1.88 bits per heavy atom. The zero-order valence-electron chi connectivity index (χ0n) is 13.5. The number of carbonyl (C=O) groups excluding carboxylic acids is 2. The number of benzene rings is 2. The SMILES string of the molecule is COC(=O)c1c(C=O)c2ccc(OC)cc2n1Cc1ccccc1. The van der Waals surface area contributed by atoms with Crippen LogP contribution in [0.3, 0.4) is 0 Å². The van der Waals surface area contributed by atoms with E-state index >= 15 is 0 Å². The normalized spacial score (nSPS) is 10.6. The van der Waals surface area contributed by atoms with Crippen molar-refractivity contribution in [3.8, 4) is 5.75 Å². The van der Waals surface area contributed by atoms with Gasteiger partial charge in [0.05, 0.1) is 25.3 Å². The molecule has 0 aliphatic carbocycles. The molecule has 0 radical (unpaired) electrons. The molecular weight excluding hydrogens is 306 g/mol. The molecule has 24 heavy (non-hydrogen) atoms. The van der Waals surface area contributed by atoms with Crippen LogP contribution in [0.25, 0.3) is 10.9 Å². The lowest BCUT2D eigenvalue weighted by molar-refractivity contribution is 0.0587. The maximum absolute atomic E-state index is 12.3. The van der Waals surface area contributed by atoms with E-state index in [-0.39, 0.29) is 5.69 Å². The highest BCUT2D eigenvalue weighted by atomic mass is 16.5. The van der Waals surface area contributed by atoms with E-state index in [2.05, 4.69) is 0 Å². The fourth-order valence-electron chi connectivity index (χ4n) is 2.85. The molecule has 5 heteroatoms. The molecule has 2 aromatic carbocycles. The van der Waals surface area contributed by atoms with E-state index in [4.69, 9.17) is 9.47 Å². The number of nitrogens with zero attached hydrogens (tertiary/aromatic N) is 1. The number of hydrogen-bond donors (Lipinski definition) is 0. The summed E-state index contributed by atoms with van der Waals surface area (Å²) < 4.78 is 12.0. The van der Waals surface area contributed by atoms with Crippen LogP contribution < -0.4 is 4.74 Å². The Hall–Kier alpha value is -3.08. The zero-order chi connectivity index (χ0) is 17.1. The fraction of sp³-hybridized carbons (Fsp3) is 0.158. The quantitative estimate of drug-likeness (QED) is 0.534. The average molecular weight is 323 g/mol. The third-order valence-corrected chi connectivity index (χ3v) is 3.99. The number of fused-ring (bicyclic) bond motifs is 1. The van der Waals surface area contributed by atoms with Crippen molar-refractivity contribution in [1.29, 1.82) is 0 Å². The van der Waals surface area contributed by atoms with E-state index in [9.17, 15) is 9.59 Å². The molecule has 0 unspecified atom stereocenters. The van der Waals surface area contributed by atoms with E-state index in [1.807, 2.05) is 36.4 Å². The third kappa shape index (κ3) is 2.65. The Bertz CT molecular complexity index is 897. The second-order valence-corrected chi connectivity index (χ2v) is 5.33. The molecule has 1 heterocycles. The van der Waals surface area contributed by atoms with Crippen LogP contribution in [-0.4, -0.2) is 31.0 Å². The maximum Gasteiger partial charge on any atom is 0.355 e. The Labute approximate surface area is 139 Å². The van der Waals surface area contributed by atoms with Gasteiger partial charge in [0.2, 0.25) is 0 Å². The van der Waals surface area contributed by atoms with Crippen molar-refractivity contribution in [2.45, 2.75) is 6.54 Å². The molecular formula is C19H17NO4. The highest BCUT2D eigenvalue weighted by Crippen LogP contribution is 2.30. The first kappa shape index (κ1) is 15.8. The van der Waals surface area contributed by atoms with Gasteiger partial charge in [0.1, 0.15) is 11.4 Å². The molecule has 0 amide bonds. The fourth-order valence-corrected chi connectivity index (χ4v) is 2.85. The Kier molecular flexibility index (Phi) is 4.33. The second-order valence-electron chi connectivity index (χ2n) is 5.33. The smallest absolute Gasteiger partial charge is 0.355 e. The van der Waals surface area contributed by atoms with Gasteiger partial charge in [-0.05, 0) is 17.7 Å². The van der Waals surface area contributed by atoms with Crippen LogP contribution in [-0.2, 0) is 11.3 Å². The van der Waals surface area contributed by atoms with Gasteiger partial charge in [0.25, 0.3) is 0 Å². The Balaban J connectivity index is 2.29. The first-order valence-corrected chi connectivity index (χ1v) is 7.47. The number of esters is 1. The molecule has 3 aromatic rings. The van der Waals surface area contributed by atoms with Crippen LogP contribution in [0, 0.1) is 0 Å². The summed E-state index contributed by atoms with van der Waals surface area (Å²) >= 11 is 0. The van der Waals surface area contributed by atoms with Crippen molar-refractivity contribution >= 4 is 23.2 Å². The predicted molar refractivity (Wildman–Crippen MR) is 90.8 cm³/mol. The van der Waals surface area contributed by atoms with E-state index in [0.717, 1.165) is 11.1 Å². The average Bonchev–Trinajstić information content (AvgIpc) is 2.94. The molecule has 0 aliphatic rings. The van der Waals surface area contributed by atoms with Crippen LogP contribution in [0.1, 0.15) is 26.4 Å². The topological polar surface area (TPSA) is 57.5 Å². The van der Waals surface area contributed by atoms with Crippen molar-refractivity contribution in [3.05, 3.63) is 65.4 Å². The number of aldehydes is 1. The molecule has 0 saturated heterocycles. The van der Waals surface area contributed by atoms with Gasteiger partial charge in [0, 0.05) is 18.0 Å². The van der Waals surface area contributed by atoms with Gasteiger partial charge in [-0.1, -0.05) is 30.3 Å². The van der Waals surface area contributed by atoms with E-state index in [1.54, 1.807) is 23.8 Å². The summed E-state index contributed by atoms with van der Waals surface area (Å²) in [4.78, 5) is 23.9.